The van der Waals surface area contributed by atoms with Crippen LogP contribution in [0.4, 0.5) is 0 Å². The normalized spacial score (nSPS) is 23.2. The van der Waals surface area contributed by atoms with Gasteiger partial charge in [0.2, 0.25) is 5.91 Å². The maximum atomic E-state index is 11.4. The fourth-order valence-electron chi connectivity index (χ4n) is 1.57. The van der Waals surface area contributed by atoms with Crippen molar-refractivity contribution in [1.82, 2.24) is 4.90 Å². The lowest BCUT2D eigenvalue weighted by atomic mass is 10.2. The highest BCUT2D eigenvalue weighted by Crippen LogP contribution is 2.15. The minimum absolute atomic E-state index is 0.282. The Bertz CT molecular complexity index is 159. The van der Waals surface area contributed by atoms with E-state index in [1.165, 1.54) is 0 Å². The van der Waals surface area contributed by atoms with Crippen molar-refractivity contribution in [2.75, 3.05) is 19.6 Å². The smallest absolute Gasteiger partial charge is 0.222 e. The average Bonchev–Trinajstić information content (AvgIpc) is 2.47. The maximum Gasteiger partial charge on any atom is 0.222 e. The van der Waals surface area contributed by atoms with Crippen molar-refractivity contribution in [2.24, 2.45) is 11.7 Å². The van der Waals surface area contributed by atoms with Crippen LogP contribution in [0.2, 0.25) is 0 Å². The van der Waals surface area contributed by atoms with Crippen LogP contribution in [-0.4, -0.2) is 30.4 Å². The van der Waals surface area contributed by atoms with Crippen LogP contribution in [0, 0.1) is 5.92 Å². The number of amides is 1. The van der Waals surface area contributed by atoms with Crippen molar-refractivity contribution in [2.45, 2.75) is 26.2 Å². The highest BCUT2D eigenvalue weighted by Gasteiger charge is 2.22. The molecule has 0 bridgehead atoms. The molecule has 3 nitrogen and oxygen atoms in total. The number of carbonyl (C=O) groups excluding carboxylic acids is 1. The Labute approximate surface area is 73.9 Å². The third kappa shape index (κ3) is 2.48. The van der Waals surface area contributed by atoms with Crippen LogP contribution in [0.15, 0.2) is 0 Å². The maximum absolute atomic E-state index is 11.4. The minimum Gasteiger partial charge on any atom is -0.342 e. The van der Waals surface area contributed by atoms with E-state index in [1.807, 2.05) is 4.90 Å². The molecule has 0 saturated carbocycles. The molecule has 0 aromatic heterocycles. The van der Waals surface area contributed by atoms with Crippen molar-refractivity contribution < 1.29 is 4.79 Å². The molecular formula is C9H18N2O. The van der Waals surface area contributed by atoms with E-state index in [0.29, 0.717) is 18.9 Å². The number of hydrogen-bond acceptors (Lipinski definition) is 2. The van der Waals surface area contributed by atoms with Crippen LogP contribution in [0.5, 0.6) is 0 Å². The molecule has 0 aromatic carbocycles. The van der Waals surface area contributed by atoms with Gasteiger partial charge in [-0.1, -0.05) is 6.92 Å². The van der Waals surface area contributed by atoms with Gasteiger partial charge in [-0.05, 0) is 25.3 Å². The van der Waals surface area contributed by atoms with E-state index in [0.717, 1.165) is 25.9 Å². The van der Waals surface area contributed by atoms with Crippen LogP contribution < -0.4 is 5.73 Å². The van der Waals surface area contributed by atoms with Gasteiger partial charge >= 0.3 is 0 Å². The average molecular weight is 170 g/mol. The van der Waals surface area contributed by atoms with Crippen molar-refractivity contribution in [3.05, 3.63) is 0 Å². The van der Waals surface area contributed by atoms with Crippen LogP contribution in [0.1, 0.15) is 26.2 Å². The number of carbonyl (C=O) groups is 1. The van der Waals surface area contributed by atoms with Gasteiger partial charge in [-0.15, -0.1) is 0 Å². The van der Waals surface area contributed by atoms with E-state index in [-0.39, 0.29) is 5.91 Å². The summed E-state index contributed by atoms with van der Waals surface area (Å²) in [6.07, 6.45) is 2.61. The molecule has 3 heteroatoms. The monoisotopic (exact) mass is 170 g/mol. The van der Waals surface area contributed by atoms with Gasteiger partial charge in [0.05, 0.1) is 0 Å². The summed E-state index contributed by atoms with van der Waals surface area (Å²) < 4.78 is 0. The van der Waals surface area contributed by atoms with Gasteiger partial charge < -0.3 is 10.6 Å². The predicted octanol–water partition coefficient (Wildman–Crippen LogP) is 0.594. The number of nitrogens with zero attached hydrogens (tertiary/aromatic N) is 1. The highest BCUT2D eigenvalue weighted by molar-refractivity contribution is 5.76. The molecule has 0 aliphatic carbocycles. The van der Waals surface area contributed by atoms with Crippen LogP contribution in [0.3, 0.4) is 0 Å². The number of rotatable bonds is 3. The SMILES string of the molecule is CC1CCN(C(=O)CCCN)C1. The summed E-state index contributed by atoms with van der Waals surface area (Å²) in [5.74, 6) is 0.969. The summed E-state index contributed by atoms with van der Waals surface area (Å²) in [7, 11) is 0. The first-order valence-corrected chi connectivity index (χ1v) is 4.72. The van der Waals surface area contributed by atoms with Crippen LogP contribution in [0.25, 0.3) is 0 Å². The molecule has 0 radical (unpaired) electrons. The van der Waals surface area contributed by atoms with Gasteiger partial charge in [-0.25, -0.2) is 0 Å². The summed E-state index contributed by atoms with van der Waals surface area (Å²) in [5.41, 5.74) is 5.33. The van der Waals surface area contributed by atoms with Crippen LogP contribution >= 0.6 is 0 Å². The van der Waals surface area contributed by atoms with Gasteiger partial charge in [0, 0.05) is 19.5 Å². The fourth-order valence-corrected chi connectivity index (χ4v) is 1.57. The topological polar surface area (TPSA) is 46.3 Å². The highest BCUT2D eigenvalue weighted by atomic mass is 16.2. The molecule has 1 atom stereocenters. The second-order valence-corrected chi connectivity index (χ2v) is 3.63. The largest absolute Gasteiger partial charge is 0.342 e. The first kappa shape index (κ1) is 9.52. The Morgan fingerprint density at radius 3 is 2.92 bits per heavy atom. The van der Waals surface area contributed by atoms with Gasteiger partial charge in [0.15, 0.2) is 0 Å². The molecule has 0 spiro atoms. The molecule has 1 unspecified atom stereocenters. The molecule has 70 valence electrons. The minimum atomic E-state index is 0.282. The van der Waals surface area contributed by atoms with E-state index in [1.54, 1.807) is 0 Å². The lowest BCUT2D eigenvalue weighted by molar-refractivity contribution is -0.130. The Kier molecular flexibility index (Phi) is 3.53. The first-order chi connectivity index (χ1) is 5.74. The van der Waals surface area contributed by atoms with Gasteiger partial charge in [-0.2, -0.15) is 0 Å². The fraction of sp³-hybridized carbons (Fsp3) is 0.889. The lowest BCUT2D eigenvalue weighted by Crippen LogP contribution is -2.28. The first-order valence-electron chi connectivity index (χ1n) is 4.72. The third-order valence-electron chi connectivity index (χ3n) is 2.37. The van der Waals surface area contributed by atoms with Gasteiger partial charge in [0.1, 0.15) is 0 Å². The zero-order valence-corrected chi connectivity index (χ0v) is 7.75. The Hall–Kier alpha value is -0.570. The van der Waals surface area contributed by atoms with Gasteiger partial charge in [-0.3, -0.25) is 4.79 Å². The molecule has 1 rings (SSSR count). The van der Waals surface area contributed by atoms with Crippen molar-refractivity contribution in [1.29, 1.82) is 0 Å². The number of hydrogen-bond donors (Lipinski definition) is 1. The number of likely N-dealkylation sites (tertiary alicyclic amines) is 1. The lowest BCUT2D eigenvalue weighted by Gasteiger charge is -2.15. The van der Waals surface area contributed by atoms with Crippen molar-refractivity contribution >= 4 is 5.91 Å². The quantitative estimate of drug-likeness (QED) is 0.674. The molecule has 2 N–H and O–H groups in total. The zero-order valence-electron chi connectivity index (χ0n) is 7.75. The Morgan fingerprint density at radius 1 is 1.67 bits per heavy atom. The zero-order chi connectivity index (χ0) is 8.97. The number of nitrogens with two attached hydrogens (primary N) is 1. The molecular weight excluding hydrogens is 152 g/mol. The predicted molar refractivity (Wildman–Crippen MR) is 48.6 cm³/mol. The van der Waals surface area contributed by atoms with E-state index in [9.17, 15) is 4.79 Å². The molecule has 1 saturated heterocycles. The van der Waals surface area contributed by atoms with E-state index >= 15 is 0 Å². The molecule has 0 aromatic rings. The summed E-state index contributed by atoms with van der Waals surface area (Å²) in [5, 5.41) is 0. The molecule has 1 aliphatic rings. The van der Waals surface area contributed by atoms with Crippen molar-refractivity contribution in [3.63, 3.8) is 0 Å². The molecule has 12 heavy (non-hydrogen) atoms. The standard InChI is InChI=1S/C9H18N2O/c1-8-4-6-11(7-8)9(12)3-2-5-10/h8H,2-7,10H2,1H3. The summed E-state index contributed by atoms with van der Waals surface area (Å²) in [4.78, 5) is 13.4. The molecule has 1 aliphatic heterocycles. The van der Waals surface area contributed by atoms with Crippen molar-refractivity contribution in [3.8, 4) is 0 Å². The summed E-state index contributed by atoms with van der Waals surface area (Å²) >= 11 is 0. The Balaban J connectivity index is 2.23. The van der Waals surface area contributed by atoms with E-state index < -0.39 is 0 Å². The van der Waals surface area contributed by atoms with E-state index in [2.05, 4.69) is 6.92 Å². The second-order valence-electron chi connectivity index (χ2n) is 3.63. The molecule has 1 amide bonds. The summed E-state index contributed by atoms with van der Waals surface area (Å²) in [6, 6.07) is 0. The Morgan fingerprint density at radius 2 is 2.42 bits per heavy atom. The molecule has 1 heterocycles. The van der Waals surface area contributed by atoms with E-state index in [4.69, 9.17) is 5.73 Å². The third-order valence-corrected chi connectivity index (χ3v) is 2.37. The van der Waals surface area contributed by atoms with Gasteiger partial charge in [0.25, 0.3) is 0 Å². The van der Waals surface area contributed by atoms with Crippen LogP contribution in [-0.2, 0) is 4.79 Å². The second kappa shape index (κ2) is 4.45. The summed E-state index contributed by atoms with van der Waals surface area (Å²) in [6.45, 7) is 4.71. The molecule has 1 fully saturated rings.